The summed E-state index contributed by atoms with van der Waals surface area (Å²) in [6.07, 6.45) is 6.88. The smallest absolute Gasteiger partial charge is 0.163 e. The number of hydrogen-bond donors (Lipinski definition) is 1. The van der Waals surface area contributed by atoms with Crippen LogP contribution in [-0.2, 0) is 22.3 Å². The van der Waals surface area contributed by atoms with E-state index in [1.807, 2.05) is 6.07 Å². The van der Waals surface area contributed by atoms with Crippen molar-refractivity contribution < 1.29 is 18.9 Å². The maximum atomic E-state index is 6.17. The number of likely N-dealkylation sites (tertiary alicyclic amines) is 1. The molecule has 3 aliphatic rings. The molecule has 3 heterocycles. The predicted octanol–water partition coefficient (Wildman–Crippen LogP) is 3.42. The van der Waals surface area contributed by atoms with Crippen LogP contribution in [0.25, 0.3) is 10.9 Å². The van der Waals surface area contributed by atoms with Gasteiger partial charge in [0.25, 0.3) is 0 Å². The summed E-state index contributed by atoms with van der Waals surface area (Å²) in [4.78, 5) is 7.53. The molecule has 2 saturated heterocycles. The molecule has 2 aromatic rings. The summed E-state index contributed by atoms with van der Waals surface area (Å²) in [5.74, 6) is 1.54. The Morgan fingerprint density at radius 3 is 2.66 bits per heavy atom. The fourth-order valence-corrected chi connectivity index (χ4v) is 5.09. The Bertz CT molecular complexity index is 921. The lowest BCUT2D eigenvalue weighted by Gasteiger charge is -2.22. The van der Waals surface area contributed by atoms with Crippen molar-refractivity contribution in [2.24, 2.45) is 0 Å². The normalized spacial score (nSPS) is 19.8. The Morgan fingerprint density at radius 2 is 1.88 bits per heavy atom. The topological polar surface area (TPSA) is 65.1 Å². The Kier molecular flexibility index (Phi) is 6.95. The number of ether oxygens (including phenoxy) is 4. The molecule has 7 nitrogen and oxygen atoms in total. The summed E-state index contributed by atoms with van der Waals surface area (Å²) in [6.45, 7) is 6.83. The van der Waals surface area contributed by atoms with Gasteiger partial charge in [0.15, 0.2) is 11.5 Å². The molecule has 1 aromatic heterocycles. The van der Waals surface area contributed by atoms with Gasteiger partial charge in [-0.2, -0.15) is 0 Å². The number of nitrogens with one attached hydrogen (secondary N) is 1. The molecule has 174 valence electrons. The van der Waals surface area contributed by atoms with Crippen molar-refractivity contribution in [3.8, 4) is 11.5 Å². The third-order valence-corrected chi connectivity index (χ3v) is 6.73. The summed E-state index contributed by atoms with van der Waals surface area (Å²) in [5, 5.41) is 4.81. The lowest BCUT2D eigenvalue weighted by molar-refractivity contribution is 0.103. The van der Waals surface area contributed by atoms with Crippen LogP contribution in [-0.4, -0.2) is 75.7 Å². The zero-order valence-electron chi connectivity index (χ0n) is 19.2. The van der Waals surface area contributed by atoms with Crippen LogP contribution in [0.1, 0.15) is 36.9 Å². The molecule has 5 rings (SSSR count). The minimum atomic E-state index is 0.125. The highest BCUT2D eigenvalue weighted by molar-refractivity contribution is 5.96. The zero-order valence-corrected chi connectivity index (χ0v) is 19.2. The van der Waals surface area contributed by atoms with E-state index in [-0.39, 0.29) is 6.04 Å². The van der Waals surface area contributed by atoms with Gasteiger partial charge in [-0.1, -0.05) is 0 Å². The van der Waals surface area contributed by atoms with Crippen LogP contribution >= 0.6 is 0 Å². The number of pyridine rings is 1. The number of anilines is 1. The Labute approximate surface area is 190 Å². The van der Waals surface area contributed by atoms with Crippen molar-refractivity contribution in [2.45, 2.75) is 44.6 Å². The lowest BCUT2D eigenvalue weighted by Crippen LogP contribution is -2.29. The highest BCUT2D eigenvalue weighted by Gasteiger charge is 2.24. The van der Waals surface area contributed by atoms with Gasteiger partial charge in [0.05, 0.1) is 51.7 Å². The van der Waals surface area contributed by atoms with E-state index in [2.05, 4.69) is 16.3 Å². The van der Waals surface area contributed by atoms with Crippen LogP contribution in [0.3, 0.4) is 0 Å². The molecule has 0 bridgehead atoms. The van der Waals surface area contributed by atoms with Gasteiger partial charge >= 0.3 is 0 Å². The molecular weight excluding hydrogens is 406 g/mol. The highest BCUT2D eigenvalue weighted by Crippen LogP contribution is 2.40. The van der Waals surface area contributed by atoms with E-state index in [1.165, 1.54) is 37.2 Å². The van der Waals surface area contributed by atoms with Gasteiger partial charge in [-0.3, -0.25) is 4.98 Å². The fourth-order valence-electron chi connectivity index (χ4n) is 5.09. The van der Waals surface area contributed by atoms with Crippen LogP contribution < -0.4 is 14.8 Å². The molecule has 2 fully saturated rings. The predicted molar refractivity (Wildman–Crippen MR) is 125 cm³/mol. The minimum Gasteiger partial charge on any atom is -0.493 e. The third-order valence-electron chi connectivity index (χ3n) is 6.73. The molecule has 2 aliphatic heterocycles. The number of benzene rings is 1. The largest absolute Gasteiger partial charge is 0.493 e. The number of aryl methyl sites for hydroxylation is 1. The van der Waals surface area contributed by atoms with Crippen molar-refractivity contribution in [2.75, 3.05) is 65.1 Å². The lowest BCUT2D eigenvalue weighted by atomic mass is 10.0. The van der Waals surface area contributed by atoms with Crippen molar-refractivity contribution in [1.29, 1.82) is 0 Å². The first-order valence-corrected chi connectivity index (χ1v) is 12.1. The SMILES string of the molecule is COc1cc2c(NC3COCCOC3)c3c(nc2cc1OCCCN1CCCC1)CCC3. The Hall–Kier alpha value is -2.09. The first kappa shape index (κ1) is 21.7. The maximum Gasteiger partial charge on any atom is 0.163 e. The van der Waals surface area contributed by atoms with Crippen LogP contribution in [0.5, 0.6) is 11.5 Å². The molecule has 0 amide bonds. The number of hydrogen-bond acceptors (Lipinski definition) is 7. The molecular formula is C25H35N3O4. The van der Waals surface area contributed by atoms with Gasteiger partial charge in [-0.05, 0) is 63.2 Å². The molecule has 1 N–H and O–H groups in total. The third kappa shape index (κ3) is 4.80. The van der Waals surface area contributed by atoms with E-state index in [9.17, 15) is 0 Å². The first-order valence-electron chi connectivity index (χ1n) is 12.1. The van der Waals surface area contributed by atoms with Gasteiger partial charge in [-0.25, -0.2) is 0 Å². The summed E-state index contributed by atoms with van der Waals surface area (Å²) in [7, 11) is 1.71. The van der Waals surface area contributed by atoms with E-state index in [0.717, 1.165) is 60.3 Å². The molecule has 0 saturated carbocycles. The van der Waals surface area contributed by atoms with E-state index in [0.29, 0.717) is 33.0 Å². The van der Waals surface area contributed by atoms with E-state index in [1.54, 1.807) is 7.11 Å². The van der Waals surface area contributed by atoms with Gasteiger partial charge < -0.3 is 29.2 Å². The molecule has 0 unspecified atom stereocenters. The standard InChI is InChI=1S/C25H35N3O4/c1-29-23-14-20-22(15-24(23)32-11-5-10-28-8-2-3-9-28)27-21-7-4-6-19(21)25(20)26-18-16-30-12-13-31-17-18/h14-15,18H,2-13,16-17H2,1H3,(H,26,27). The quantitative estimate of drug-likeness (QED) is 0.630. The number of aromatic nitrogens is 1. The zero-order chi connectivity index (χ0) is 21.8. The number of methoxy groups -OCH3 is 1. The van der Waals surface area contributed by atoms with Crippen molar-refractivity contribution in [1.82, 2.24) is 9.88 Å². The fraction of sp³-hybridized carbons (Fsp3) is 0.640. The van der Waals surface area contributed by atoms with Gasteiger partial charge in [0, 0.05) is 29.4 Å². The maximum absolute atomic E-state index is 6.17. The molecule has 0 spiro atoms. The number of rotatable bonds is 8. The summed E-state index contributed by atoms with van der Waals surface area (Å²) in [5.41, 5.74) is 4.63. The second kappa shape index (κ2) is 10.2. The molecule has 7 heteroatoms. The second-order valence-corrected chi connectivity index (χ2v) is 9.03. The van der Waals surface area contributed by atoms with Gasteiger partial charge in [-0.15, -0.1) is 0 Å². The molecule has 1 aliphatic carbocycles. The van der Waals surface area contributed by atoms with Crippen LogP contribution in [0.4, 0.5) is 5.69 Å². The first-order chi connectivity index (χ1) is 15.8. The van der Waals surface area contributed by atoms with Crippen LogP contribution in [0, 0.1) is 0 Å². The molecule has 1 aromatic carbocycles. The van der Waals surface area contributed by atoms with Crippen molar-refractivity contribution in [3.05, 3.63) is 23.4 Å². The van der Waals surface area contributed by atoms with E-state index >= 15 is 0 Å². The average Bonchev–Trinajstić information content (AvgIpc) is 3.43. The summed E-state index contributed by atoms with van der Waals surface area (Å²) >= 11 is 0. The highest BCUT2D eigenvalue weighted by atomic mass is 16.5. The Morgan fingerprint density at radius 1 is 1.06 bits per heavy atom. The molecule has 32 heavy (non-hydrogen) atoms. The van der Waals surface area contributed by atoms with Crippen LogP contribution in [0.15, 0.2) is 12.1 Å². The van der Waals surface area contributed by atoms with Crippen molar-refractivity contribution >= 4 is 16.6 Å². The average molecular weight is 442 g/mol. The minimum absolute atomic E-state index is 0.125. The molecule has 0 atom stereocenters. The monoisotopic (exact) mass is 441 g/mol. The molecule has 0 radical (unpaired) electrons. The summed E-state index contributed by atoms with van der Waals surface area (Å²) in [6, 6.07) is 4.26. The second-order valence-electron chi connectivity index (χ2n) is 9.03. The Balaban J connectivity index is 1.39. The summed E-state index contributed by atoms with van der Waals surface area (Å²) < 4.78 is 23.3. The number of fused-ring (bicyclic) bond motifs is 2. The van der Waals surface area contributed by atoms with E-state index < -0.39 is 0 Å². The van der Waals surface area contributed by atoms with Crippen molar-refractivity contribution in [3.63, 3.8) is 0 Å². The van der Waals surface area contributed by atoms with Crippen LogP contribution in [0.2, 0.25) is 0 Å². The van der Waals surface area contributed by atoms with Gasteiger partial charge in [0.1, 0.15) is 0 Å². The van der Waals surface area contributed by atoms with E-state index in [4.69, 9.17) is 23.9 Å². The number of nitrogens with zero attached hydrogens (tertiary/aromatic N) is 2. The van der Waals surface area contributed by atoms with Gasteiger partial charge in [0.2, 0.25) is 0 Å².